The van der Waals surface area contributed by atoms with Crippen LogP contribution in [0.15, 0.2) is 24.3 Å². The van der Waals surface area contributed by atoms with Crippen LogP contribution in [0.25, 0.3) is 0 Å². The lowest BCUT2D eigenvalue weighted by atomic mass is 10.1. The van der Waals surface area contributed by atoms with Gasteiger partial charge in [0.05, 0.1) is 24.7 Å². The SMILES string of the molecule is CCN(CC)Cc1ccccc1CNC(=O)CCc1c(C)nn(CCC#N)c1C. The van der Waals surface area contributed by atoms with Gasteiger partial charge in [-0.3, -0.25) is 14.4 Å². The first-order valence-corrected chi connectivity index (χ1v) is 10.5. The molecule has 1 amide bonds. The van der Waals surface area contributed by atoms with E-state index in [1.54, 1.807) is 0 Å². The highest BCUT2D eigenvalue weighted by Crippen LogP contribution is 2.16. The molecule has 6 heteroatoms. The Morgan fingerprint density at radius 3 is 2.55 bits per heavy atom. The Morgan fingerprint density at radius 1 is 1.21 bits per heavy atom. The molecular formula is C23H33N5O. The molecule has 0 saturated carbocycles. The molecule has 1 aromatic heterocycles. The Labute approximate surface area is 174 Å². The van der Waals surface area contributed by atoms with E-state index in [9.17, 15) is 4.79 Å². The van der Waals surface area contributed by atoms with Crippen molar-refractivity contribution >= 4 is 5.91 Å². The molecule has 0 aliphatic rings. The number of amides is 1. The predicted molar refractivity (Wildman–Crippen MR) is 115 cm³/mol. The lowest BCUT2D eigenvalue weighted by Gasteiger charge is -2.20. The standard InChI is InChI=1S/C23H33N5O/c1-5-27(6-2)17-21-11-8-7-10-20(21)16-25-23(29)13-12-22-18(3)26-28(19(22)4)15-9-14-24/h7-8,10-11H,5-6,9,12-13,15-17H2,1-4H3,(H,25,29). The van der Waals surface area contributed by atoms with Gasteiger partial charge in [-0.05, 0) is 50.0 Å². The third kappa shape index (κ3) is 6.43. The lowest BCUT2D eigenvalue weighted by molar-refractivity contribution is -0.121. The molecule has 0 aliphatic carbocycles. The highest BCUT2D eigenvalue weighted by Gasteiger charge is 2.13. The Hall–Kier alpha value is -2.65. The Kier molecular flexibility index (Phi) is 8.88. The first-order valence-electron chi connectivity index (χ1n) is 10.5. The second-order valence-corrected chi connectivity index (χ2v) is 7.29. The van der Waals surface area contributed by atoms with Gasteiger partial charge < -0.3 is 5.32 Å². The first kappa shape index (κ1) is 22.6. The maximum absolute atomic E-state index is 12.4. The van der Waals surface area contributed by atoms with Crippen LogP contribution in [0, 0.1) is 25.2 Å². The van der Waals surface area contributed by atoms with Gasteiger partial charge in [0.1, 0.15) is 0 Å². The largest absolute Gasteiger partial charge is 0.352 e. The smallest absolute Gasteiger partial charge is 0.220 e. The van der Waals surface area contributed by atoms with E-state index in [1.165, 1.54) is 11.1 Å². The van der Waals surface area contributed by atoms with Gasteiger partial charge in [0.15, 0.2) is 0 Å². The lowest BCUT2D eigenvalue weighted by Crippen LogP contribution is -2.26. The third-order valence-electron chi connectivity index (χ3n) is 5.45. The van der Waals surface area contributed by atoms with Crippen molar-refractivity contribution in [1.82, 2.24) is 20.0 Å². The normalized spacial score (nSPS) is 10.9. The molecule has 1 heterocycles. The van der Waals surface area contributed by atoms with E-state index in [1.807, 2.05) is 24.6 Å². The van der Waals surface area contributed by atoms with E-state index in [2.05, 4.69) is 53.4 Å². The zero-order valence-electron chi connectivity index (χ0n) is 18.2. The predicted octanol–water partition coefficient (Wildman–Crippen LogP) is 3.50. The van der Waals surface area contributed by atoms with E-state index in [0.29, 0.717) is 32.4 Å². The van der Waals surface area contributed by atoms with E-state index in [-0.39, 0.29) is 5.91 Å². The van der Waals surface area contributed by atoms with Crippen LogP contribution in [0.3, 0.4) is 0 Å². The van der Waals surface area contributed by atoms with Crippen LogP contribution < -0.4 is 5.32 Å². The van der Waals surface area contributed by atoms with Crippen molar-refractivity contribution in [3.8, 4) is 6.07 Å². The van der Waals surface area contributed by atoms with Gasteiger partial charge in [-0.1, -0.05) is 38.1 Å². The van der Waals surface area contributed by atoms with Crippen LogP contribution in [-0.2, 0) is 30.8 Å². The van der Waals surface area contributed by atoms with Crippen LogP contribution in [-0.4, -0.2) is 33.7 Å². The summed E-state index contributed by atoms with van der Waals surface area (Å²) in [5.74, 6) is 0.0474. The van der Waals surface area contributed by atoms with Crippen LogP contribution in [0.4, 0.5) is 0 Å². The van der Waals surface area contributed by atoms with Crippen LogP contribution in [0.5, 0.6) is 0 Å². The minimum absolute atomic E-state index is 0.0474. The zero-order chi connectivity index (χ0) is 21.2. The number of rotatable bonds is 11. The van der Waals surface area contributed by atoms with E-state index in [0.717, 1.165) is 36.6 Å². The summed E-state index contributed by atoms with van der Waals surface area (Å²) in [5.41, 5.74) is 5.54. The van der Waals surface area contributed by atoms with Crippen LogP contribution in [0.1, 0.15) is 54.8 Å². The summed E-state index contributed by atoms with van der Waals surface area (Å²) < 4.78 is 1.87. The van der Waals surface area contributed by atoms with Crippen molar-refractivity contribution in [2.45, 2.75) is 66.6 Å². The molecule has 0 unspecified atom stereocenters. The fourth-order valence-corrected chi connectivity index (χ4v) is 3.56. The maximum atomic E-state index is 12.4. The van der Waals surface area contributed by atoms with Gasteiger partial charge in [0.25, 0.3) is 0 Å². The summed E-state index contributed by atoms with van der Waals surface area (Å²) in [6.45, 7) is 12.4. The van der Waals surface area contributed by atoms with Gasteiger partial charge in [-0.15, -0.1) is 0 Å². The fraction of sp³-hybridized carbons (Fsp3) is 0.522. The number of carbonyl (C=O) groups is 1. The molecule has 29 heavy (non-hydrogen) atoms. The highest BCUT2D eigenvalue weighted by molar-refractivity contribution is 5.76. The molecule has 156 valence electrons. The molecule has 1 aromatic carbocycles. The zero-order valence-corrected chi connectivity index (χ0v) is 18.2. The average molecular weight is 396 g/mol. The van der Waals surface area contributed by atoms with Gasteiger partial charge in [-0.2, -0.15) is 10.4 Å². The summed E-state index contributed by atoms with van der Waals surface area (Å²) in [7, 11) is 0. The molecular weight excluding hydrogens is 362 g/mol. The molecule has 0 spiro atoms. The minimum Gasteiger partial charge on any atom is -0.352 e. The number of nitriles is 1. The Morgan fingerprint density at radius 2 is 1.90 bits per heavy atom. The Bertz CT molecular complexity index is 845. The first-order chi connectivity index (χ1) is 14.0. The number of benzene rings is 1. The number of aryl methyl sites for hydroxylation is 2. The van der Waals surface area contributed by atoms with Gasteiger partial charge in [-0.25, -0.2) is 0 Å². The van der Waals surface area contributed by atoms with Gasteiger partial charge in [0, 0.05) is 25.2 Å². The summed E-state index contributed by atoms with van der Waals surface area (Å²) in [5, 5.41) is 16.3. The molecule has 1 N–H and O–H groups in total. The summed E-state index contributed by atoms with van der Waals surface area (Å²) >= 11 is 0. The Balaban J connectivity index is 1.92. The number of aromatic nitrogens is 2. The minimum atomic E-state index is 0.0474. The van der Waals surface area contributed by atoms with Crippen molar-refractivity contribution in [2.75, 3.05) is 13.1 Å². The fourth-order valence-electron chi connectivity index (χ4n) is 3.56. The number of nitrogens with zero attached hydrogens (tertiary/aromatic N) is 4. The molecule has 0 bridgehead atoms. The third-order valence-corrected chi connectivity index (χ3v) is 5.45. The molecule has 6 nitrogen and oxygen atoms in total. The van der Waals surface area contributed by atoms with Crippen molar-refractivity contribution in [3.63, 3.8) is 0 Å². The monoisotopic (exact) mass is 395 g/mol. The van der Waals surface area contributed by atoms with Crippen molar-refractivity contribution in [1.29, 1.82) is 5.26 Å². The highest BCUT2D eigenvalue weighted by atomic mass is 16.1. The summed E-state index contributed by atoms with van der Waals surface area (Å²) in [6, 6.07) is 10.5. The van der Waals surface area contributed by atoms with Crippen molar-refractivity contribution < 1.29 is 4.79 Å². The van der Waals surface area contributed by atoms with E-state index < -0.39 is 0 Å². The number of nitrogens with one attached hydrogen (secondary N) is 1. The molecule has 0 aliphatic heterocycles. The van der Waals surface area contributed by atoms with Gasteiger partial charge in [0.2, 0.25) is 5.91 Å². The molecule has 0 radical (unpaired) electrons. The van der Waals surface area contributed by atoms with E-state index in [4.69, 9.17) is 5.26 Å². The molecule has 0 saturated heterocycles. The quantitative estimate of drug-likeness (QED) is 0.632. The van der Waals surface area contributed by atoms with Gasteiger partial charge >= 0.3 is 0 Å². The summed E-state index contributed by atoms with van der Waals surface area (Å²) in [6.07, 6.45) is 1.54. The van der Waals surface area contributed by atoms with Crippen LogP contribution in [0.2, 0.25) is 0 Å². The average Bonchev–Trinajstić information content (AvgIpc) is 3.00. The van der Waals surface area contributed by atoms with Crippen molar-refractivity contribution in [3.05, 3.63) is 52.3 Å². The number of carbonyl (C=O) groups excluding carboxylic acids is 1. The molecule has 0 atom stereocenters. The number of hydrogen-bond acceptors (Lipinski definition) is 4. The second kappa shape index (κ2) is 11.4. The molecule has 2 aromatic rings. The van der Waals surface area contributed by atoms with Crippen molar-refractivity contribution in [2.24, 2.45) is 0 Å². The maximum Gasteiger partial charge on any atom is 0.220 e. The topological polar surface area (TPSA) is 74.0 Å². The second-order valence-electron chi connectivity index (χ2n) is 7.29. The van der Waals surface area contributed by atoms with Crippen LogP contribution >= 0.6 is 0 Å². The van der Waals surface area contributed by atoms with E-state index >= 15 is 0 Å². The summed E-state index contributed by atoms with van der Waals surface area (Å²) in [4.78, 5) is 14.8. The number of hydrogen-bond donors (Lipinski definition) is 1. The molecule has 0 fully saturated rings. The molecule has 2 rings (SSSR count).